The number of halogens is 6. The van der Waals surface area contributed by atoms with Gasteiger partial charge >= 0.3 is 12.4 Å². The van der Waals surface area contributed by atoms with Crippen LogP contribution in [0, 0.1) is 5.92 Å². The zero-order valence-corrected chi connectivity index (χ0v) is 18.4. The van der Waals surface area contributed by atoms with Crippen LogP contribution in [0.3, 0.4) is 0 Å². The Hall–Kier alpha value is -3.23. The van der Waals surface area contributed by atoms with Crippen molar-refractivity contribution in [3.05, 3.63) is 77.1 Å². The van der Waals surface area contributed by atoms with Crippen LogP contribution in [-0.4, -0.2) is 13.0 Å². The van der Waals surface area contributed by atoms with E-state index in [1.54, 1.807) is 19.1 Å². The summed E-state index contributed by atoms with van der Waals surface area (Å²) in [4.78, 5) is 12.7. The lowest BCUT2D eigenvalue weighted by atomic mass is 9.96. The quantitative estimate of drug-likeness (QED) is 0.206. The molecule has 0 fully saturated rings. The van der Waals surface area contributed by atoms with Crippen molar-refractivity contribution >= 4 is 11.6 Å². The van der Waals surface area contributed by atoms with E-state index in [2.05, 4.69) is 5.32 Å². The Balaban J connectivity index is 2.44. The van der Waals surface area contributed by atoms with Crippen molar-refractivity contribution in [2.75, 3.05) is 12.4 Å². The zero-order chi connectivity index (χ0) is 25.0. The van der Waals surface area contributed by atoms with Gasteiger partial charge in [0.25, 0.3) is 5.91 Å². The van der Waals surface area contributed by atoms with Crippen LogP contribution in [0.25, 0.3) is 11.1 Å². The molecule has 0 saturated carbocycles. The van der Waals surface area contributed by atoms with Crippen molar-refractivity contribution < 1.29 is 35.9 Å². The van der Waals surface area contributed by atoms with Crippen LogP contribution >= 0.6 is 0 Å². The van der Waals surface area contributed by atoms with Crippen molar-refractivity contribution in [2.24, 2.45) is 5.92 Å². The van der Waals surface area contributed by atoms with Crippen LogP contribution in [0.5, 0.6) is 0 Å². The molecule has 0 spiro atoms. The number of ether oxygens (including phenoxy) is 1. The monoisotopic (exact) mass is 471 g/mol. The largest absolute Gasteiger partial charge is 0.500 e. The van der Waals surface area contributed by atoms with Gasteiger partial charge in [0.2, 0.25) is 0 Å². The highest BCUT2D eigenvalue weighted by Crippen LogP contribution is 2.40. The highest BCUT2D eigenvalue weighted by Gasteiger charge is 2.37. The van der Waals surface area contributed by atoms with E-state index in [1.807, 2.05) is 13.8 Å². The SMILES string of the molecule is C/C=C\C(C(=O)Nc1ccc(-c2cc(C(F)(F)F)ccc2C(F)(F)F)cc1)=C(\OC)C(C)C. The number of hydrogen-bond donors (Lipinski definition) is 1. The van der Waals surface area contributed by atoms with E-state index in [1.165, 1.54) is 31.4 Å². The van der Waals surface area contributed by atoms with Gasteiger partial charge < -0.3 is 10.1 Å². The number of carbonyl (C=O) groups excluding carboxylic acids is 1. The molecule has 0 heterocycles. The predicted molar refractivity (Wildman–Crippen MR) is 114 cm³/mol. The maximum atomic E-state index is 13.4. The second kappa shape index (κ2) is 10.1. The Morgan fingerprint density at radius 3 is 2.03 bits per heavy atom. The molecule has 1 amide bonds. The number of nitrogens with one attached hydrogen (secondary N) is 1. The van der Waals surface area contributed by atoms with Crippen molar-refractivity contribution in [3.8, 4) is 11.1 Å². The summed E-state index contributed by atoms with van der Waals surface area (Å²) in [7, 11) is 1.44. The van der Waals surface area contributed by atoms with Crippen LogP contribution in [-0.2, 0) is 21.9 Å². The van der Waals surface area contributed by atoms with E-state index in [4.69, 9.17) is 4.74 Å². The molecule has 0 bridgehead atoms. The first-order chi connectivity index (χ1) is 15.3. The predicted octanol–water partition coefficient (Wildman–Crippen LogP) is 7.46. The standard InChI is InChI=1S/C24H23F6NO2/c1-5-6-18(21(33-4)14(2)3)22(32)31-17-10-7-15(8-11-17)19-13-16(23(25,26)27)9-12-20(19)24(28,29)30/h5-14H,1-4H3,(H,31,32)/b6-5-,21-18-. The average molecular weight is 471 g/mol. The van der Waals surface area contributed by atoms with Gasteiger partial charge in [-0.3, -0.25) is 4.79 Å². The van der Waals surface area contributed by atoms with E-state index in [0.717, 1.165) is 0 Å². The third kappa shape index (κ3) is 6.40. The topological polar surface area (TPSA) is 38.3 Å². The van der Waals surface area contributed by atoms with Gasteiger partial charge in [0.15, 0.2) is 0 Å². The van der Waals surface area contributed by atoms with E-state index in [-0.39, 0.29) is 22.7 Å². The summed E-state index contributed by atoms with van der Waals surface area (Å²) in [6, 6.07) is 6.37. The summed E-state index contributed by atoms with van der Waals surface area (Å²) in [6.07, 6.45) is -6.41. The Morgan fingerprint density at radius 1 is 0.970 bits per heavy atom. The van der Waals surface area contributed by atoms with Gasteiger partial charge in [0.1, 0.15) is 5.76 Å². The van der Waals surface area contributed by atoms with Gasteiger partial charge in [0, 0.05) is 11.6 Å². The average Bonchev–Trinajstić information content (AvgIpc) is 2.72. The van der Waals surface area contributed by atoms with E-state index >= 15 is 0 Å². The molecule has 0 atom stereocenters. The number of anilines is 1. The third-order valence-corrected chi connectivity index (χ3v) is 4.69. The lowest BCUT2D eigenvalue weighted by molar-refractivity contribution is -0.141. The molecular formula is C24H23F6NO2. The summed E-state index contributed by atoms with van der Waals surface area (Å²) < 4.78 is 84.7. The minimum absolute atomic E-state index is 0.0737. The number of carbonyl (C=O) groups is 1. The van der Waals surface area contributed by atoms with Crippen molar-refractivity contribution in [1.29, 1.82) is 0 Å². The maximum absolute atomic E-state index is 13.4. The van der Waals surface area contributed by atoms with E-state index < -0.39 is 35.0 Å². The van der Waals surface area contributed by atoms with Crippen LogP contribution in [0.4, 0.5) is 32.0 Å². The Labute approximate surface area is 187 Å². The molecule has 2 aromatic rings. The first kappa shape index (κ1) is 26.0. The van der Waals surface area contributed by atoms with Crippen LogP contribution < -0.4 is 5.32 Å². The molecular weight excluding hydrogens is 448 g/mol. The van der Waals surface area contributed by atoms with Gasteiger partial charge in [-0.15, -0.1) is 0 Å². The summed E-state index contributed by atoms with van der Waals surface area (Å²) >= 11 is 0. The van der Waals surface area contributed by atoms with E-state index in [9.17, 15) is 31.1 Å². The highest BCUT2D eigenvalue weighted by molar-refractivity contribution is 6.06. The first-order valence-corrected chi connectivity index (χ1v) is 9.90. The number of allylic oxidation sites excluding steroid dienone is 2. The molecule has 9 heteroatoms. The lowest BCUT2D eigenvalue weighted by Gasteiger charge is -2.17. The van der Waals surface area contributed by atoms with Crippen LogP contribution in [0.15, 0.2) is 65.9 Å². The van der Waals surface area contributed by atoms with Crippen molar-refractivity contribution in [1.82, 2.24) is 0 Å². The summed E-state index contributed by atoms with van der Waals surface area (Å²) in [6.45, 7) is 5.42. The van der Waals surface area contributed by atoms with Crippen LogP contribution in [0.2, 0.25) is 0 Å². The number of hydrogen-bond acceptors (Lipinski definition) is 2. The van der Waals surface area contributed by atoms with Gasteiger partial charge in [-0.1, -0.05) is 38.1 Å². The summed E-state index contributed by atoms with van der Waals surface area (Å²) in [5.74, 6) is -0.140. The van der Waals surface area contributed by atoms with Gasteiger partial charge in [-0.25, -0.2) is 0 Å². The summed E-state index contributed by atoms with van der Waals surface area (Å²) in [5, 5.41) is 2.63. The molecule has 0 unspecified atom stereocenters. The third-order valence-electron chi connectivity index (χ3n) is 4.69. The lowest BCUT2D eigenvalue weighted by Crippen LogP contribution is -2.17. The van der Waals surface area contributed by atoms with E-state index in [0.29, 0.717) is 24.0 Å². The second-order valence-electron chi connectivity index (χ2n) is 7.42. The maximum Gasteiger partial charge on any atom is 0.417 e. The molecule has 0 radical (unpaired) electrons. The fourth-order valence-electron chi connectivity index (χ4n) is 3.23. The molecule has 0 aliphatic carbocycles. The van der Waals surface area contributed by atoms with Gasteiger partial charge in [-0.2, -0.15) is 26.3 Å². The fraction of sp³-hybridized carbons (Fsp3) is 0.292. The van der Waals surface area contributed by atoms with Crippen LogP contribution in [0.1, 0.15) is 31.9 Å². The number of alkyl halides is 6. The Kier molecular flexibility index (Phi) is 8.00. The second-order valence-corrected chi connectivity index (χ2v) is 7.42. The smallest absolute Gasteiger partial charge is 0.417 e. The number of benzene rings is 2. The highest BCUT2D eigenvalue weighted by atomic mass is 19.4. The zero-order valence-electron chi connectivity index (χ0n) is 18.4. The Bertz CT molecular complexity index is 1050. The molecule has 2 aromatic carbocycles. The van der Waals surface area contributed by atoms with Gasteiger partial charge in [-0.05, 0) is 48.4 Å². The molecule has 0 aliphatic heterocycles. The minimum atomic E-state index is -4.84. The fourth-order valence-corrected chi connectivity index (χ4v) is 3.23. The molecule has 33 heavy (non-hydrogen) atoms. The molecule has 0 aromatic heterocycles. The summed E-state index contributed by atoms with van der Waals surface area (Å²) in [5.41, 5.74) is -2.53. The normalized spacial score (nSPS) is 13.3. The molecule has 0 saturated heterocycles. The Morgan fingerprint density at radius 2 is 1.58 bits per heavy atom. The minimum Gasteiger partial charge on any atom is -0.500 e. The molecule has 0 aliphatic rings. The van der Waals surface area contributed by atoms with Crippen molar-refractivity contribution in [3.63, 3.8) is 0 Å². The first-order valence-electron chi connectivity index (χ1n) is 9.90. The molecule has 2 rings (SSSR count). The van der Waals surface area contributed by atoms with Gasteiger partial charge in [0.05, 0.1) is 23.8 Å². The number of amides is 1. The number of methoxy groups -OCH3 is 1. The van der Waals surface area contributed by atoms with Crippen molar-refractivity contribution in [2.45, 2.75) is 33.1 Å². The molecule has 178 valence electrons. The number of rotatable bonds is 6. The molecule has 1 N–H and O–H groups in total. The molecule has 3 nitrogen and oxygen atoms in total.